The van der Waals surface area contributed by atoms with Gasteiger partial charge in [-0.3, -0.25) is 0 Å². The molecule has 0 aliphatic heterocycles. The van der Waals surface area contributed by atoms with Crippen molar-refractivity contribution in [2.45, 2.75) is 38.5 Å². The Hall–Kier alpha value is -2.77. The number of rotatable bonds is 8. The summed E-state index contributed by atoms with van der Waals surface area (Å²) in [6.07, 6.45) is 0. The number of hydrogen-bond acceptors (Lipinski definition) is 1. The summed E-state index contributed by atoms with van der Waals surface area (Å²) >= 11 is 0. The molecule has 1 heterocycles. The molecule has 0 radical (unpaired) electrons. The first-order valence-electron chi connectivity index (χ1n) is 21.7. The first kappa shape index (κ1) is 46.0. The number of anilines is 3. The van der Waals surface area contributed by atoms with Crippen molar-refractivity contribution in [3.63, 3.8) is 0 Å². The lowest BCUT2D eigenvalue weighted by molar-refractivity contribution is 0.660. The fourth-order valence-corrected chi connectivity index (χ4v) is 71.5. The van der Waals surface area contributed by atoms with Gasteiger partial charge in [0.05, 0.1) is 22.4 Å². The van der Waals surface area contributed by atoms with Crippen molar-refractivity contribution >= 4 is 112 Å². The summed E-state index contributed by atoms with van der Waals surface area (Å²) in [4.78, 5) is 2.54. The Labute approximate surface area is 401 Å². The molecule has 0 N–H and O–H groups in total. The molecule has 0 amide bonds. The molecule has 2 nitrogen and oxygen atoms in total. The van der Waals surface area contributed by atoms with Gasteiger partial charge in [0.2, 0.25) is 0 Å². The van der Waals surface area contributed by atoms with E-state index in [1.165, 1.54) is 94.5 Å². The normalized spacial score (nSPS) is 14.2. The lowest BCUT2D eigenvalue weighted by Crippen LogP contribution is -2.17. The summed E-state index contributed by atoms with van der Waals surface area (Å²) in [6, 6.07) is 67.4. The number of aromatic nitrogens is 1. The van der Waals surface area contributed by atoms with Crippen LogP contribution < -0.4 is 4.90 Å². The summed E-state index contributed by atoms with van der Waals surface area (Å²) in [5.41, 5.74) is 20.1. The van der Waals surface area contributed by atoms with Gasteiger partial charge >= 0.3 is 0 Å². The van der Waals surface area contributed by atoms with Gasteiger partial charge in [-0.05, 0) is 114 Å². The molecular formula is C54H53N2P9. The maximum atomic E-state index is 2.93. The van der Waals surface area contributed by atoms with Gasteiger partial charge in [0, 0.05) is 44.1 Å². The molecule has 0 bridgehead atoms. The SMILES string of the molecule is CC1(C)c2ccccc2-c2c(N(c3ccc(-c4cccc5c4c4ccccc4n5-c4ccccc4)cc3)c3cccc4c3-c3ccccc3C4(C)C)cccc21.PPP(P(P)P)P(P)P. The van der Waals surface area contributed by atoms with Crippen molar-refractivity contribution in [1.29, 1.82) is 0 Å². The minimum Gasteiger partial charge on any atom is -0.309 e. The third-order valence-corrected chi connectivity index (χ3v) is 57.6. The van der Waals surface area contributed by atoms with E-state index in [2.05, 4.69) is 264 Å². The maximum Gasteiger partial charge on any atom is 0.0547 e. The Kier molecular flexibility index (Phi) is 13.2. The van der Waals surface area contributed by atoms with Crippen LogP contribution >= 0.6 is 73.6 Å². The highest BCUT2D eigenvalue weighted by molar-refractivity contribution is 9.10. The van der Waals surface area contributed by atoms with Crippen LogP contribution in [0.3, 0.4) is 0 Å². The van der Waals surface area contributed by atoms with Gasteiger partial charge < -0.3 is 9.47 Å². The highest BCUT2D eigenvalue weighted by atomic mass is 33.2. The Bertz CT molecular complexity index is 3120. The van der Waals surface area contributed by atoms with Crippen LogP contribution in [-0.4, -0.2) is 4.57 Å². The molecule has 8 aromatic carbocycles. The first-order valence-corrected chi connectivity index (χ1v) is 37.3. The molecule has 65 heavy (non-hydrogen) atoms. The number of nitrogens with zero attached hydrogens (tertiary/aromatic N) is 2. The fourth-order valence-electron chi connectivity index (χ4n) is 10.4. The summed E-state index contributed by atoms with van der Waals surface area (Å²) in [7, 11) is 15.6. The number of fused-ring (bicyclic) bond motifs is 9. The molecule has 2 aliphatic rings. The van der Waals surface area contributed by atoms with E-state index in [0.29, 0.717) is 6.99 Å². The fraction of sp³-hybridized carbons (Fsp3) is 0.111. The van der Waals surface area contributed by atoms with Gasteiger partial charge in [0.1, 0.15) is 0 Å². The summed E-state index contributed by atoms with van der Waals surface area (Å²) in [6.45, 7) is 10.1. The lowest BCUT2D eigenvalue weighted by atomic mass is 9.82. The monoisotopic (exact) mass is 1010 g/mol. The van der Waals surface area contributed by atoms with Gasteiger partial charge in [0.15, 0.2) is 0 Å². The smallest absolute Gasteiger partial charge is 0.0547 e. The van der Waals surface area contributed by atoms with Crippen molar-refractivity contribution in [3.8, 4) is 39.1 Å². The average molecular weight is 1010 g/mol. The largest absolute Gasteiger partial charge is 0.309 e. The third kappa shape index (κ3) is 7.96. The van der Waals surface area contributed by atoms with Crippen LogP contribution in [-0.2, 0) is 10.8 Å². The van der Waals surface area contributed by atoms with Crippen LogP contribution in [0.1, 0.15) is 49.9 Å². The van der Waals surface area contributed by atoms with Gasteiger partial charge in [0.25, 0.3) is 0 Å². The molecule has 2 aliphatic carbocycles. The minimum absolute atomic E-state index is 0.109. The molecule has 324 valence electrons. The van der Waals surface area contributed by atoms with Gasteiger partial charge in [-0.1, -0.05) is 169 Å². The second-order valence-electron chi connectivity index (χ2n) is 17.7. The molecule has 9 aromatic rings. The molecule has 0 saturated carbocycles. The quantitative estimate of drug-likeness (QED) is 0.138. The van der Waals surface area contributed by atoms with Gasteiger partial charge in [-0.15, -0.1) is 44.6 Å². The molecule has 1 aromatic heterocycles. The van der Waals surface area contributed by atoms with Crippen LogP contribution in [0.15, 0.2) is 182 Å². The van der Waals surface area contributed by atoms with Crippen LogP contribution in [0, 0.1) is 0 Å². The number of benzene rings is 8. The summed E-state index contributed by atoms with van der Waals surface area (Å²) in [5, 5.41) is 2.53. The van der Waals surface area contributed by atoms with Crippen LogP contribution in [0.25, 0.3) is 60.9 Å². The van der Waals surface area contributed by atoms with Crippen molar-refractivity contribution in [2.75, 3.05) is 4.90 Å². The van der Waals surface area contributed by atoms with Crippen molar-refractivity contribution in [2.24, 2.45) is 0 Å². The average Bonchev–Trinajstić information content (AvgIpc) is 3.88. The van der Waals surface area contributed by atoms with E-state index in [-0.39, 0.29) is 24.8 Å². The standard InChI is InChI=1S/C54H42N2.H11P9/c1-53(2)42-23-11-8-19-39(42)51-44(53)25-15-29-48(51)56(49-30-16-26-45-52(49)40-20-9-12-24-43(40)54(45,3)4)37-33-31-35(32-34-37)38-22-14-28-47-50(38)41-21-10-13-27-46(41)55(47)36-17-6-5-7-18-36;1-6-9(7(2)3)8(4)5/h5-34H,1-4H3;6H,1-5H2. The number of hydrogen-bond donors (Lipinski definition) is 0. The Morgan fingerprint density at radius 1 is 0.462 bits per heavy atom. The molecule has 0 fully saturated rings. The molecule has 11 rings (SSSR count). The zero-order valence-corrected chi connectivity index (χ0v) is 46.4. The van der Waals surface area contributed by atoms with E-state index in [9.17, 15) is 0 Å². The topological polar surface area (TPSA) is 8.17 Å². The minimum atomic E-state index is -0.109. The third-order valence-electron chi connectivity index (χ3n) is 13.4. The Morgan fingerprint density at radius 2 is 0.923 bits per heavy atom. The summed E-state index contributed by atoms with van der Waals surface area (Å²) in [5.74, 6) is 0. The molecule has 0 spiro atoms. The lowest BCUT2D eigenvalue weighted by Gasteiger charge is -2.31. The van der Waals surface area contributed by atoms with Crippen molar-refractivity contribution in [3.05, 3.63) is 204 Å². The zero-order valence-electron chi connectivity index (χ0n) is 36.9. The molecule has 6 unspecified atom stereocenters. The second-order valence-corrected chi connectivity index (χ2v) is 48.3. The highest BCUT2D eigenvalue weighted by Gasteiger charge is 2.40. The van der Waals surface area contributed by atoms with Crippen molar-refractivity contribution in [1.82, 2.24) is 4.57 Å². The second kappa shape index (κ2) is 18.6. The zero-order chi connectivity index (χ0) is 45.2. The van der Waals surface area contributed by atoms with Crippen LogP contribution in [0.4, 0.5) is 17.1 Å². The molecular weight excluding hydrogens is 955 g/mol. The first-order chi connectivity index (χ1) is 31.4. The van der Waals surface area contributed by atoms with Gasteiger partial charge in [-0.25, -0.2) is 0 Å². The van der Waals surface area contributed by atoms with E-state index in [0.717, 1.165) is 13.6 Å². The van der Waals surface area contributed by atoms with E-state index >= 15 is 0 Å². The van der Waals surface area contributed by atoms with E-state index in [1.807, 2.05) is 0 Å². The predicted molar refractivity (Wildman–Crippen MR) is 314 cm³/mol. The summed E-state index contributed by atoms with van der Waals surface area (Å²) < 4.78 is 2.40. The molecule has 11 heteroatoms. The van der Waals surface area contributed by atoms with Crippen LogP contribution in [0.5, 0.6) is 0 Å². The number of para-hydroxylation sites is 2. The predicted octanol–water partition coefficient (Wildman–Crippen LogP) is 19.3. The highest BCUT2D eigenvalue weighted by Crippen LogP contribution is 3.04. The Balaban J connectivity index is 0.000000503. The molecule has 6 atom stereocenters. The van der Waals surface area contributed by atoms with Crippen LogP contribution in [0.2, 0.25) is 0 Å². The van der Waals surface area contributed by atoms with Gasteiger partial charge in [-0.2, -0.15) is 0 Å². The maximum absolute atomic E-state index is 2.93. The molecule has 0 saturated heterocycles. The van der Waals surface area contributed by atoms with E-state index < -0.39 is 0 Å². The van der Waals surface area contributed by atoms with Crippen molar-refractivity contribution < 1.29 is 0 Å². The van der Waals surface area contributed by atoms with E-state index in [4.69, 9.17) is 0 Å². The van der Waals surface area contributed by atoms with E-state index in [1.54, 1.807) is 0 Å². The Morgan fingerprint density at radius 3 is 1.46 bits per heavy atom.